The number of halogens is 4. The van der Waals surface area contributed by atoms with Crippen molar-refractivity contribution in [3.05, 3.63) is 124 Å². The predicted molar refractivity (Wildman–Crippen MR) is 211 cm³/mol. The fourth-order valence-corrected chi connectivity index (χ4v) is 7.24. The lowest BCUT2D eigenvalue weighted by Gasteiger charge is -2.28. The van der Waals surface area contributed by atoms with Crippen LogP contribution in [-0.4, -0.2) is 87.9 Å². The molecule has 7 rings (SSSR count). The van der Waals surface area contributed by atoms with Gasteiger partial charge in [0.05, 0.1) is 49.0 Å². The molecule has 0 radical (unpaired) electrons. The average Bonchev–Trinajstić information content (AvgIpc) is 3.76. The highest BCUT2D eigenvalue weighted by atomic mass is 19.4. The highest BCUT2D eigenvalue weighted by Gasteiger charge is 2.42. The number of amides is 2. The summed E-state index contributed by atoms with van der Waals surface area (Å²) in [6.07, 6.45) is -7.09. The van der Waals surface area contributed by atoms with Gasteiger partial charge in [0.2, 0.25) is 5.91 Å². The van der Waals surface area contributed by atoms with Crippen LogP contribution in [-0.2, 0) is 33.4 Å². The van der Waals surface area contributed by atoms with Crippen LogP contribution in [0.1, 0.15) is 66.4 Å². The van der Waals surface area contributed by atoms with Crippen LogP contribution < -0.4 is 10.2 Å². The van der Waals surface area contributed by atoms with Crippen molar-refractivity contribution in [1.82, 2.24) is 24.8 Å². The van der Waals surface area contributed by atoms with Gasteiger partial charge in [-0.15, -0.1) is 5.10 Å². The molecular weight excluding hydrogens is 755 g/mol. The number of carbonyl (C=O) groups is 2. The topological polar surface area (TPSA) is 114 Å². The van der Waals surface area contributed by atoms with Crippen molar-refractivity contribution in [2.45, 2.75) is 71.1 Å². The molecule has 2 fully saturated rings. The summed E-state index contributed by atoms with van der Waals surface area (Å²) in [5, 5.41) is 7.85. The first-order valence-electron chi connectivity index (χ1n) is 19.2. The van der Waals surface area contributed by atoms with Crippen molar-refractivity contribution in [2.75, 3.05) is 37.7 Å². The number of hydrogen-bond acceptors (Lipinski definition) is 8. The zero-order valence-corrected chi connectivity index (χ0v) is 32.7. The first kappa shape index (κ1) is 40.4. The van der Waals surface area contributed by atoms with Crippen molar-refractivity contribution in [3.63, 3.8) is 0 Å². The number of benzene rings is 3. The summed E-state index contributed by atoms with van der Waals surface area (Å²) in [6, 6.07) is 24.0. The van der Waals surface area contributed by atoms with Gasteiger partial charge in [0.15, 0.2) is 11.5 Å². The number of imidazole rings is 1. The molecule has 2 aliphatic rings. The SMILES string of the molecule is Cc1c(Cc2c(CNC(=O)[C@@H]3C[C@@H](F)CN3C(=O)OC(C)(C)C)nc3c(N=C(c4ccccc4)c4ccccc4)cc(N4CCOCC4)nn23)cccc1C(F)(F)F. The third-order valence-electron chi connectivity index (χ3n) is 10.1. The van der Waals surface area contributed by atoms with Crippen molar-refractivity contribution < 1.29 is 36.6 Å². The summed E-state index contributed by atoms with van der Waals surface area (Å²) in [5.41, 5.74) is 2.61. The molecule has 0 spiro atoms. The molecule has 2 atom stereocenters. The second-order valence-electron chi connectivity index (χ2n) is 15.4. The first-order valence-corrected chi connectivity index (χ1v) is 19.2. The minimum Gasteiger partial charge on any atom is -0.444 e. The van der Waals surface area contributed by atoms with Gasteiger partial charge in [-0.3, -0.25) is 9.69 Å². The fraction of sp³-hybridized carbons (Fsp3) is 0.372. The predicted octanol–water partition coefficient (Wildman–Crippen LogP) is 7.62. The summed E-state index contributed by atoms with van der Waals surface area (Å²) in [7, 11) is 0. The van der Waals surface area contributed by atoms with Gasteiger partial charge in [0.1, 0.15) is 23.5 Å². The van der Waals surface area contributed by atoms with Gasteiger partial charge < -0.3 is 19.7 Å². The second kappa shape index (κ2) is 16.6. The second-order valence-corrected chi connectivity index (χ2v) is 15.4. The minimum atomic E-state index is -4.58. The molecule has 304 valence electrons. The number of aromatic nitrogens is 3. The lowest BCUT2D eigenvalue weighted by atomic mass is 9.98. The van der Waals surface area contributed by atoms with Gasteiger partial charge >= 0.3 is 12.3 Å². The van der Waals surface area contributed by atoms with Gasteiger partial charge in [0, 0.05) is 43.1 Å². The number of alkyl halides is 4. The van der Waals surface area contributed by atoms with E-state index in [2.05, 4.69) is 5.32 Å². The number of ether oxygens (including phenoxy) is 2. The Balaban J connectivity index is 1.37. The molecule has 0 aliphatic carbocycles. The standard InChI is InChI=1S/C43H45F4N7O4/c1-27-30(16-11-17-32(27)43(45,46)47)22-35-34(25-48-40(55)36-23-31(44)26-53(36)41(56)58-42(2,3)4)50-39-33(24-37(51-54(35)39)52-18-20-57-21-19-52)49-38(28-12-7-5-8-13-28)29-14-9-6-10-15-29/h5-17,24,31,36H,18-23,25-26H2,1-4H3,(H,48,55)/t31-,36+/m1/s1. The number of nitrogens with one attached hydrogen (secondary N) is 1. The molecule has 0 unspecified atom stereocenters. The van der Waals surface area contributed by atoms with Gasteiger partial charge in [-0.25, -0.2) is 23.7 Å². The van der Waals surface area contributed by atoms with Gasteiger partial charge in [-0.2, -0.15) is 13.2 Å². The number of carbonyl (C=O) groups excluding carboxylic acids is 2. The maximum absolute atomic E-state index is 14.8. The molecule has 2 saturated heterocycles. The molecule has 1 N–H and O–H groups in total. The molecule has 0 bridgehead atoms. The van der Waals surface area contributed by atoms with E-state index in [9.17, 15) is 27.2 Å². The van der Waals surface area contributed by atoms with Gasteiger partial charge in [-0.1, -0.05) is 72.8 Å². The lowest BCUT2D eigenvalue weighted by Crippen LogP contribution is -2.47. The number of rotatable bonds is 9. The zero-order valence-electron chi connectivity index (χ0n) is 32.7. The summed E-state index contributed by atoms with van der Waals surface area (Å²) >= 11 is 0. The van der Waals surface area contributed by atoms with Gasteiger partial charge in [-0.05, 0) is 44.9 Å². The van der Waals surface area contributed by atoms with E-state index in [1.807, 2.05) is 71.6 Å². The average molecular weight is 800 g/mol. The minimum absolute atomic E-state index is 0.0327. The first-order chi connectivity index (χ1) is 27.7. The Hall–Kier alpha value is -5.83. The maximum Gasteiger partial charge on any atom is 0.416 e. The Bertz CT molecular complexity index is 2260. The Kier molecular flexibility index (Phi) is 11.5. The van der Waals surface area contributed by atoms with Crippen molar-refractivity contribution in [1.29, 1.82) is 0 Å². The van der Waals surface area contributed by atoms with Crippen LogP contribution in [0.5, 0.6) is 0 Å². The van der Waals surface area contributed by atoms with Crippen LogP contribution >= 0.6 is 0 Å². The molecule has 15 heteroatoms. The van der Waals surface area contributed by atoms with E-state index >= 15 is 0 Å². The normalized spacial score (nSPS) is 17.4. The van der Waals surface area contributed by atoms with Crippen LogP contribution in [0.25, 0.3) is 5.65 Å². The van der Waals surface area contributed by atoms with E-state index in [0.717, 1.165) is 22.1 Å². The maximum atomic E-state index is 14.8. The molecule has 3 aromatic carbocycles. The smallest absolute Gasteiger partial charge is 0.416 e. The monoisotopic (exact) mass is 799 g/mol. The van der Waals surface area contributed by atoms with Crippen molar-refractivity contribution >= 4 is 34.9 Å². The number of hydrogen-bond donors (Lipinski definition) is 1. The molecule has 58 heavy (non-hydrogen) atoms. The Labute approximate surface area is 333 Å². The van der Waals surface area contributed by atoms with Crippen LogP contribution in [0.4, 0.5) is 33.9 Å². The summed E-state index contributed by atoms with van der Waals surface area (Å²) in [4.78, 5) is 40.2. The highest BCUT2D eigenvalue weighted by Crippen LogP contribution is 2.35. The van der Waals surface area contributed by atoms with Crippen LogP contribution in [0.3, 0.4) is 0 Å². The quantitative estimate of drug-likeness (QED) is 0.121. The number of likely N-dealkylation sites (tertiary alicyclic amines) is 1. The fourth-order valence-electron chi connectivity index (χ4n) is 7.24. The van der Waals surface area contributed by atoms with Crippen LogP contribution in [0, 0.1) is 6.92 Å². The number of nitrogens with zero attached hydrogens (tertiary/aromatic N) is 6. The molecule has 2 aliphatic heterocycles. The molecule has 2 aromatic heterocycles. The number of morpholine rings is 1. The van der Waals surface area contributed by atoms with Crippen LogP contribution in [0.15, 0.2) is 89.9 Å². The molecular formula is C43H45F4N7O4. The van der Waals surface area contributed by atoms with E-state index in [1.54, 1.807) is 31.4 Å². The van der Waals surface area contributed by atoms with E-state index in [0.29, 0.717) is 66.1 Å². The Morgan fingerprint density at radius 3 is 2.22 bits per heavy atom. The number of anilines is 1. The molecule has 0 saturated carbocycles. The molecule has 5 aromatic rings. The molecule has 4 heterocycles. The Morgan fingerprint density at radius 1 is 0.948 bits per heavy atom. The van der Waals surface area contributed by atoms with E-state index in [-0.39, 0.29) is 31.5 Å². The van der Waals surface area contributed by atoms with Crippen LogP contribution in [0.2, 0.25) is 0 Å². The third kappa shape index (κ3) is 8.99. The van der Waals surface area contributed by atoms with Gasteiger partial charge in [0.25, 0.3) is 0 Å². The third-order valence-corrected chi connectivity index (χ3v) is 10.1. The lowest BCUT2D eigenvalue weighted by molar-refractivity contribution is -0.138. The number of fused-ring (bicyclic) bond motifs is 1. The van der Waals surface area contributed by atoms with E-state index in [1.165, 1.54) is 13.0 Å². The largest absolute Gasteiger partial charge is 0.444 e. The summed E-state index contributed by atoms with van der Waals surface area (Å²) in [6.45, 7) is 7.97. The molecule has 2 amide bonds. The van der Waals surface area contributed by atoms with Crippen molar-refractivity contribution in [3.8, 4) is 0 Å². The highest BCUT2D eigenvalue weighted by molar-refractivity contribution is 6.14. The summed E-state index contributed by atoms with van der Waals surface area (Å²) < 4.78 is 69.9. The molecule has 11 nitrogen and oxygen atoms in total. The van der Waals surface area contributed by atoms with Crippen molar-refractivity contribution in [2.24, 2.45) is 4.99 Å². The number of aliphatic imine (C=N–C) groups is 1. The summed E-state index contributed by atoms with van der Waals surface area (Å²) in [5.74, 6) is -0.0714. The van der Waals surface area contributed by atoms with E-state index in [4.69, 9.17) is 24.5 Å². The zero-order chi connectivity index (χ0) is 41.2. The van der Waals surface area contributed by atoms with E-state index < -0.39 is 41.6 Å². The Morgan fingerprint density at radius 2 is 1.60 bits per heavy atom.